The molecule has 0 saturated heterocycles. The van der Waals surface area contributed by atoms with E-state index in [-0.39, 0.29) is 0 Å². The third kappa shape index (κ3) is 2.90. The van der Waals surface area contributed by atoms with Gasteiger partial charge in [0.1, 0.15) is 5.75 Å². The molecule has 0 spiro atoms. The molecule has 0 atom stereocenters. The van der Waals surface area contributed by atoms with Gasteiger partial charge in [-0.05, 0) is 41.5 Å². The lowest BCUT2D eigenvalue weighted by molar-refractivity contribution is 0.415. The Morgan fingerprint density at radius 2 is 1.52 bits per heavy atom. The number of methoxy groups -OCH3 is 1. The zero-order valence-electron chi connectivity index (χ0n) is 13.6. The van der Waals surface area contributed by atoms with Crippen LogP contribution in [0.25, 0.3) is 33.5 Å². The van der Waals surface area contributed by atoms with Gasteiger partial charge in [0.15, 0.2) is 0 Å². The molecule has 0 N–H and O–H groups in total. The van der Waals surface area contributed by atoms with E-state index < -0.39 is 5.63 Å². The number of benzene rings is 3. The molecule has 0 aliphatic carbocycles. The van der Waals surface area contributed by atoms with E-state index in [4.69, 9.17) is 9.15 Å². The number of fused-ring (bicyclic) bond motifs is 1. The number of nitrogens with zero attached hydrogens (tertiary/aromatic N) is 1. The fourth-order valence-electron chi connectivity index (χ4n) is 2.74. The molecule has 4 aromatic rings. The fourth-order valence-corrected chi connectivity index (χ4v) is 2.74. The van der Waals surface area contributed by atoms with E-state index >= 15 is 0 Å². The molecule has 4 rings (SSSR count). The van der Waals surface area contributed by atoms with Crippen LogP contribution in [0.1, 0.15) is 0 Å². The summed E-state index contributed by atoms with van der Waals surface area (Å²) in [4.78, 5) is 16.7. The molecule has 0 radical (unpaired) electrons. The lowest BCUT2D eigenvalue weighted by Gasteiger charge is -2.05. The maximum atomic E-state index is 12.3. The van der Waals surface area contributed by atoms with Gasteiger partial charge in [-0.3, -0.25) is 0 Å². The van der Waals surface area contributed by atoms with Gasteiger partial charge in [0.2, 0.25) is 5.89 Å². The number of rotatable bonds is 3. The maximum absolute atomic E-state index is 12.3. The highest BCUT2D eigenvalue weighted by Crippen LogP contribution is 2.25. The van der Waals surface area contributed by atoms with Crippen molar-refractivity contribution in [3.8, 4) is 28.3 Å². The van der Waals surface area contributed by atoms with Gasteiger partial charge in [0.25, 0.3) is 0 Å². The topological polar surface area (TPSA) is 52.3 Å². The van der Waals surface area contributed by atoms with Crippen LogP contribution in [0.2, 0.25) is 0 Å². The van der Waals surface area contributed by atoms with Gasteiger partial charge in [0.05, 0.1) is 18.0 Å². The first kappa shape index (κ1) is 15.1. The summed E-state index contributed by atoms with van der Waals surface area (Å²) in [5, 5.41) is 0.406. The molecule has 25 heavy (non-hydrogen) atoms. The van der Waals surface area contributed by atoms with Gasteiger partial charge < -0.3 is 9.15 Å². The molecular formula is C21H15NO3. The molecule has 4 nitrogen and oxygen atoms in total. The van der Waals surface area contributed by atoms with E-state index in [2.05, 4.69) is 17.1 Å². The summed E-state index contributed by atoms with van der Waals surface area (Å²) in [6, 6.07) is 23.1. The molecule has 0 bridgehead atoms. The Bertz CT molecular complexity index is 1080. The average Bonchev–Trinajstić information content (AvgIpc) is 2.68. The Morgan fingerprint density at radius 1 is 0.840 bits per heavy atom. The zero-order valence-corrected chi connectivity index (χ0v) is 13.6. The highest BCUT2D eigenvalue weighted by molar-refractivity contribution is 5.80. The van der Waals surface area contributed by atoms with Crippen molar-refractivity contribution in [2.24, 2.45) is 0 Å². The molecule has 122 valence electrons. The number of hydrogen-bond donors (Lipinski definition) is 0. The monoisotopic (exact) mass is 329 g/mol. The van der Waals surface area contributed by atoms with Crippen molar-refractivity contribution < 1.29 is 9.15 Å². The molecule has 3 aromatic carbocycles. The summed E-state index contributed by atoms with van der Waals surface area (Å²) in [7, 11) is 1.55. The van der Waals surface area contributed by atoms with Gasteiger partial charge in [-0.2, -0.15) is 0 Å². The van der Waals surface area contributed by atoms with Gasteiger partial charge >= 0.3 is 5.63 Å². The van der Waals surface area contributed by atoms with Crippen molar-refractivity contribution in [3.05, 3.63) is 83.2 Å². The summed E-state index contributed by atoms with van der Waals surface area (Å²) in [6.07, 6.45) is 0. The molecule has 0 unspecified atom stereocenters. The van der Waals surface area contributed by atoms with Crippen LogP contribution in [0.3, 0.4) is 0 Å². The minimum absolute atomic E-state index is 0.308. The Morgan fingerprint density at radius 3 is 2.24 bits per heavy atom. The van der Waals surface area contributed by atoms with Crippen LogP contribution in [0.4, 0.5) is 0 Å². The SMILES string of the molecule is COc1ccc2nc(-c3ccc(-c4ccccc4)cc3)oc(=O)c2c1. The van der Waals surface area contributed by atoms with E-state index in [0.29, 0.717) is 22.5 Å². The molecule has 0 saturated carbocycles. The molecule has 4 heteroatoms. The minimum atomic E-state index is -0.425. The van der Waals surface area contributed by atoms with Crippen LogP contribution in [-0.4, -0.2) is 12.1 Å². The van der Waals surface area contributed by atoms with Gasteiger partial charge in [0, 0.05) is 5.56 Å². The predicted octanol–water partition coefficient (Wildman–Crippen LogP) is 4.53. The Labute approximate surface area is 144 Å². The first-order valence-corrected chi connectivity index (χ1v) is 7.89. The lowest BCUT2D eigenvalue weighted by atomic mass is 10.0. The van der Waals surface area contributed by atoms with Crippen molar-refractivity contribution >= 4 is 10.9 Å². The fraction of sp³-hybridized carbons (Fsp3) is 0.0476. The largest absolute Gasteiger partial charge is 0.497 e. The normalized spacial score (nSPS) is 10.8. The van der Waals surface area contributed by atoms with Crippen molar-refractivity contribution in [1.82, 2.24) is 4.98 Å². The first-order chi connectivity index (χ1) is 12.2. The van der Waals surface area contributed by atoms with Crippen molar-refractivity contribution in [3.63, 3.8) is 0 Å². The molecule has 1 heterocycles. The van der Waals surface area contributed by atoms with Crippen molar-refractivity contribution in [2.75, 3.05) is 7.11 Å². The standard InChI is InChI=1S/C21H15NO3/c1-24-17-11-12-19-18(13-17)21(23)25-20(22-19)16-9-7-15(8-10-16)14-5-3-2-4-6-14/h2-13H,1H3. The Kier molecular flexibility index (Phi) is 3.78. The molecule has 0 fully saturated rings. The van der Waals surface area contributed by atoms with Crippen LogP contribution >= 0.6 is 0 Å². The summed E-state index contributed by atoms with van der Waals surface area (Å²) in [5.41, 5.74) is 3.14. The van der Waals surface area contributed by atoms with Crippen LogP contribution in [0.15, 0.2) is 82.0 Å². The third-order valence-corrected chi connectivity index (χ3v) is 4.07. The summed E-state index contributed by atoms with van der Waals surface area (Å²) in [5.74, 6) is 0.906. The van der Waals surface area contributed by atoms with Crippen LogP contribution < -0.4 is 10.4 Å². The predicted molar refractivity (Wildman–Crippen MR) is 97.7 cm³/mol. The van der Waals surface area contributed by atoms with E-state index in [1.165, 1.54) is 0 Å². The summed E-state index contributed by atoms with van der Waals surface area (Å²) in [6.45, 7) is 0. The molecule has 0 aliphatic heterocycles. The zero-order chi connectivity index (χ0) is 17.2. The second kappa shape index (κ2) is 6.24. The quantitative estimate of drug-likeness (QED) is 0.554. The maximum Gasteiger partial charge on any atom is 0.347 e. The second-order valence-electron chi connectivity index (χ2n) is 5.63. The van der Waals surface area contributed by atoms with Crippen LogP contribution in [0, 0.1) is 0 Å². The Hall–Kier alpha value is -3.40. The van der Waals surface area contributed by atoms with Crippen molar-refractivity contribution in [1.29, 1.82) is 0 Å². The Balaban J connectivity index is 1.76. The minimum Gasteiger partial charge on any atom is -0.497 e. The van der Waals surface area contributed by atoms with E-state index in [1.54, 1.807) is 25.3 Å². The molecule has 0 aliphatic rings. The highest BCUT2D eigenvalue weighted by atomic mass is 16.5. The average molecular weight is 329 g/mol. The second-order valence-corrected chi connectivity index (χ2v) is 5.63. The van der Waals surface area contributed by atoms with E-state index in [0.717, 1.165) is 16.7 Å². The molecule has 0 amide bonds. The van der Waals surface area contributed by atoms with Crippen LogP contribution in [-0.2, 0) is 0 Å². The van der Waals surface area contributed by atoms with E-state index in [9.17, 15) is 4.79 Å². The lowest BCUT2D eigenvalue weighted by Crippen LogP contribution is -2.03. The van der Waals surface area contributed by atoms with Crippen LogP contribution in [0.5, 0.6) is 5.75 Å². The number of aromatic nitrogens is 1. The van der Waals surface area contributed by atoms with Gasteiger partial charge in [-0.25, -0.2) is 9.78 Å². The summed E-state index contributed by atoms with van der Waals surface area (Å²) < 4.78 is 10.5. The summed E-state index contributed by atoms with van der Waals surface area (Å²) >= 11 is 0. The van der Waals surface area contributed by atoms with Gasteiger partial charge in [-0.15, -0.1) is 0 Å². The molecular weight excluding hydrogens is 314 g/mol. The van der Waals surface area contributed by atoms with Crippen molar-refractivity contribution in [2.45, 2.75) is 0 Å². The number of hydrogen-bond acceptors (Lipinski definition) is 4. The molecule has 1 aromatic heterocycles. The van der Waals surface area contributed by atoms with Gasteiger partial charge in [-0.1, -0.05) is 42.5 Å². The number of ether oxygens (including phenoxy) is 1. The third-order valence-electron chi connectivity index (χ3n) is 4.07. The smallest absolute Gasteiger partial charge is 0.347 e. The highest BCUT2D eigenvalue weighted by Gasteiger charge is 2.10. The van der Waals surface area contributed by atoms with E-state index in [1.807, 2.05) is 42.5 Å². The first-order valence-electron chi connectivity index (χ1n) is 7.89.